The highest BCUT2D eigenvalue weighted by atomic mass is 16.7. The molecule has 2 aromatic rings. The van der Waals surface area contributed by atoms with E-state index in [2.05, 4.69) is 38.1 Å². The number of rotatable bonds is 6. The van der Waals surface area contributed by atoms with Crippen molar-refractivity contribution in [2.75, 3.05) is 6.61 Å². The number of benzene rings is 2. The highest BCUT2D eigenvalue weighted by Gasteiger charge is 2.04. The van der Waals surface area contributed by atoms with Gasteiger partial charge in [0.15, 0.2) is 6.29 Å². The number of hydrogen-bond donors (Lipinski definition) is 0. The predicted molar refractivity (Wildman–Crippen MR) is 82.1 cm³/mol. The van der Waals surface area contributed by atoms with Crippen molar-refractivity contribution in [1.29, 1.82) is 0 Å². The molecule has 1 atom stereocenters. The van der Waals surface area contributed by atoms with Crippen molar-refractivity contribution in [2.24, 2.45) is 0 Å². The molecule has 2 heteroatoms. The molecule has 0 aliphatic carbocycles. The zero-order chi connectivity index (χ0) is 14.4. The first kappa shape index (κ1) is 14.6. The molecule has 0 amide bonds. The summed E-state index contributed by atoms with van der Waals surface area (Å²) in [6.07, 6.45) is 0.671. The van der Waals surface area contributed by atoms with Gasteiger partial charge in [-0.15, -0.1) is 0 Å². The minimum absolute atomic E-state index is 0.233. The van der Waals surface area contributed by atoms with Gasteiger partial charge in [0.05, 0.1) is 6.61 Å². The second-order valence-electron chi connectivity index (χ2n) is 5.10. The quantitative estimate of drug-likeness (QED) is 0.729. The molecule has 0 saturated heterocycles. The van der Waals surface area contributed by atoms with Gasteiger partial charge in [-0.25, -0.2) is 0 Å². The van der Waals surface area contributed by atoms with Crippen LogP contribution in [0.3, 0.4) is 0 Å². The average molecular weight is 270 g/mol. The van der Waals surface area contributed by atoms with Crippen molar-refractivity contribution in [3.8, 4) is 5.75 Å². The summed E-state index contributed by atoms with van der Waals surface area (Å²) in [5.41, 5.74) is 3.80. The second-order valence-corrected chi connectivity index (χ2v) is 5.10. The summed E-state index contributed by atoms with van der Waals surface area (Å²) in [7, 11) is 0. The van der Waals surface area contributed by atoms with Crippen LogP contribution >= 0.6 is 0 Å². The molecule has 0 heterocycles. The van der Waals surface area contributed by atoms with Gasteiger partial charge in [0.2, 0.25) is 0 Å². The third-order valence-electron chi connectivity index (χ3n) is 3.19. The Morgan fingerprint density at radius 2 is 1.40 bits per heavy atom. The summed E-state index contributed by atoms with van der Waals surface area (Å²) >= 11 is 0. The standard InChI is InChI=1S/C18H22O2/c1-14-4-8-17(9-5-14)12-13-19-16(3)20-18-10-6-15(2)7-11-18/h4-11,16H,12-13H2,1-3H3. The molecule has 1 unspecified atom stereocenters. The van der Waals surface area contributed by atoms with Gasteiger partial charge >= 0.3 is 0 Å². The Morgan fingerprint density at radius 1 is 0.850 bits per heavy atom. The topological polar surface area (TPSA) is 18.5 Å². The van der Waals surface area contributed by atoms with Gasteiger partial charge in [0.1, 0.15) is 5.75 Å². The summed E-state index contributed by atoms with van der Waals surface area (Å²) in [5, 5.41) is 0. The first-order chi connectivity index (χ1) is 9.63. The lowest BCUT2D eigenvalue weighted by Crippen LogP contribution is -2.17. The first-order valence-corrected chi connectivity index (χ1v) is 7.04. The largest absolute Gasteiger partial charge is 0.465 e. The van der Waals surface area contributed by atoms with Crippen LogP contribution in [0.1, 0.15) is 23.6 Å². The third kappa shape index (κ3) is 4.71. The van der Waals surface area contributed by atoms with E-state index in [9.17, 15) is 0 Å². The summed E-state index contributed by atoms with van der Waals surface area (Å²) < 4.78 is 11.4. The maximum Gasteiger partial charge on any atom is 0.196 e. The van der Waals surface area contributed by atoms with Gasteiger partial charge in [-0.2, -0.15) is 0 Å². The highest BCUT2D eigenvalue weighted by molar-refractivity contribution is 5.26. The van der Waals surface area contributed by atoms with Gasteiger partial charge in [0, 0.05) is 0 Å². The lowest BCUT2D eigenvalue weighted by molar-refractivity contribution is -0.0654. The molecule has 0 saturated carbocycles. The molecule has 0 aliphatic rings. The molecule has 2 nitrogen and oxygen atoms in total. The maximum atomic E-state index is 5.70. The van der Waals surface area contributed by atoms with Crippen molar-refractivity contribution >= 4 is 0 Å². The van der Waals surface area contributed by atoms with Crippen LogP contribution in [0, 0.1) is 13.8 Å². The van der Waals surface area contributed by atoms with Crippen LogP contribution in [0.5, 0.6) is 5.75 Å². The van der Waals surface area contributed by atoms with Crippen LogP contribution in [0.25, 0.3) is 0 Å². The molecule has 20 heavy (non-hydrogen) atoms. The van der Waals surface area contributed by atoms with Gasteiger partial charge in [-0.1, -0.05) is 47.5 Å². The van der Waals surface area contributed by atoms with E-state index in [1.54, 1.807) is 0 Å². The molecular weight excluding hydrogens is 248 g/mol. The van der Waals surface area contributed by atoms with E-state index in [0.29, 0.717) is 6.61 Å². The lowest BCUT2D eigenvalue weighted by atomic mass is 10.1. The van der Waals surface area contributed by atoms with Crippen LogP contribution in [0.4, 0.5) is 0 Å². The molecule has 2 rings (SSSR count). The van der Waals surface area contributed by atoms with E-state index < -0.39 is 0 Å². The monoisotopic (exact) mass is 270 g/mol. The smallest absolute Gasteiger partial charge is 0.196 e. The molecular formula is C18H22O2. The maximum absolute atomic E-state index is 5.70. The number of aryl methyl sites for hydroxylation is 2. The van der Waals surface area contributed by atoms with E-state index in [1.165, 1.54) is 16.7 Å². The van der Waals surface area contributed by atoms with Gasteiger partial charge in [0.25, 0.3) is 0 Å². The van der Waals surface area contributed by atoms with Gasteiger partial charge in [-0.3, -0.25) is 0 Å². The van der Waals surface area contributed by atoms with Crippen molar-refractivity contribution in [3.05, 3.63) is 65.2 Å². The molecule has 0 fully saturated rings. The Kier molecular flexibility index (Phi) is 5.19. The minimum Gasteiger partial charge on any atom is -0.465 e. The average Bonchev–Trinajstić information content (AvgIpc) is 2.44. The third-order valence-corrected chi connectivity index (χ3v) is 3.19. The van der Waals surface area contributed by atoms with Crippen LogP contribution < -0.4 is 4.74 Å². The molecule has 0 radical (unpaired) electrons. The van der Waals surface area contributed by atoms with Crippen LogP contribution in [0.15, 0.2) is 48.5 Å². The molecule has 106 valence electrons. The van der Waals surface area contributed by atoms with E-state index in [-0.39, 0.29) is 6.29 Å². The SMILES string of the molecule is Cc1ccc(CCOC(C)Oc2ccc(C)cc2)cc1. The zero-order valence-corrected chi connectivity index (χ0v) is 12.4. The van der Waals surface area contributed by atoms with E-state index >= 15 is 0 Å². The van der Waals surface area contributed by atoms with Crippen molar-refractivity contribution in [1.82, 2.24) is 0 Å². The Bertz CT molecular complexity index is 514. The zero-order valence-electron chi connectivity index (χ0n) is 12.4. The molecule has 2 aromatic carbocycles. The highest BCUT2D eigenvalue weighted by Crippen LogP contribution is 2.14. The van der Waals surface area contributed by atoms with Gasteiger partial charge < -0.3 is 9.47 Å². The van der Waals surface area contributed by atoms with E-state index in [4.69, 9.17) is 9.47 Å². The first-order valence-electron chi connectivity index (χ1n) is 7.04. The Labute approximate surface area is 121 Å². The predicted octanol–water partition coefficient (Wildman–Crippen LogP) is 4.29. The molecule has 0 aliphatic heterocycles. The van der Waals surface area contributed by atoms with Crippen LogP contribution in [0.2, 0.25) is 0 Å². The number of ether oxygens (including phenoxy) is 2. The normalized spacial score (nSPS) is 12.2. The fourth-order valence-corrected chi connectivity index (χ4v) is 1.94. The van der Waals surface area contributed by atoms with Gasteiger partial charge in [-0.05, 0) is 44.9 Å². The molecule has 0 aromatic heterocycles. The minimum atomic E-state index is -0.233. The Hall–Kier alpha value is -1.80. The van der Waals surface area contributed by atoms with E-state index in [0.717, 1.165) is 12.2 Å². The molecule has 0 spiro atoms. The van der Waals surface area contributed by atoms with Crippen molar-refractivity contribution in [3.63, 3.8) is 0 Å². The lowest BCUT2D eigenvalue weighted by Gasteiger charge is -2.15. The Morgan fingerprint density at radius 3 is 2.00 bits per heavy atom. The van der Waals surface area contributed by atoms with Crippen molar-refractivity contribution < 1.29 is 9.47 Å². The summed E-state index contributed by atoms with van der Waals surface area (Å²) in [5.74, 6) is 0.846. The second kappa shape index (κ2) is 7.11. The summed E-state index contributed by atoms with van der Waals surface area (Å²) in [6.45, 7) is 6.74. The summed E-state index contributed by atoms with van der Waals surface area (Å²) in [6, 6.07) is 16.5. The summed E-state index contributed by atoms with van der Waals surface area (Å²) in [4.78, 5) is 0. The van der Waals surface area contributed by atoms with E-state index in [1.807, 2.05) is 31.2 Å². The fourth-order valence-electron chi connectivity index (χ4n) is 1.94. The molecule has 0 bridgehead atoms. The molecule has 0 N–H and O–H groups in total. The Balaban J connectivity index is 1.73. The fraction of sp³-hybridized carbons (Fsp3) is 0.333. The number of hydrogen-bond acceptors (Lipinski definition) is 2. The van der Waals surface area contributed by atoms with Crippen molar-refractivity contribution in [2.45, 2.75) is 33.5 Å². The van der Waals surface area contributed by atoms with Crippen LogP contribution in [-0.2, 0) is 11.2 Å². The van der Waals surface area contributed by atoms with Crippen LogP contribution in [-0.4, -0.2) is 12.9 Å².